The molecule has 0 spiro atoms. The van der Waals surface area contributed by atoms with Crippen LogP contribution in [0.1, 0.15) is 42.9 Å². The predicted molar refractivity (Wildman–Crippen MR) is 148 cm³/mol. The third kappa shape index (κ3) is 7.79. The fourth-order valence-electron chi connectivity index (χ4n) is 4.15. The lowest BCUT2D eigenvalue weighted by molar-refractivity contribution is -0.145. The number of carbonyl (C=O) groups excluding carboxylic acids is 2. The standard InChI is InChI=1S/C30H31Cl2NO3/c1-21(36-30(35)27(22(2)34)19-25-15-10-16-28(31)29(25)32)20-33(3)18-17-26(23-11-6-4-7-12-23)24-13-8-5-9-14-24/h4-16,19,21,26H,17-18,20H2,1-3H3. The molecule has 0 aliphatic heterocycles. The van der Waals surface area contributed by atoms with Crippen molar-refractivity contribution in [3.05, 3.63) is 111 Å². The van der Waals surface area contributed by atoms with Crippen LogP contribution in [0.25, 0.3) is 6.08 Å². The molecule has 36 heavy (non-hydrogen) atoms. The zero-order chi connectivity index (χ0) is 26.1. The molecule has 0 bridgehead atoms. The highest BCUT2D eigenvalue weighted by Gasteiger charge is 2.21. The topological polar surface area (TPSA) is 46.6 Å². The van der Waals surface area contributed by atoms with Crippen molar-refractivity contribution in [2.24, 2.45) is 0 Å². The molecule has 3 aromatic rings. The molecule has 1 atom stereocenters. The van der Waals surface area contributed by atoms with Gasteiger partial charge in [-0.3, -0.25) is 4.79 Å². The van der Waals surface area contributed by atoms with E-state index in [1.807, 2.05) is 26.1 Å². The summed E-state index contributed by atoms with van der Waals surface area (Å²) in [5.41, 5.74) is 2.96. The van der Waals surface area contributed by atoms with Crippen LogP contribution >= 0.6 is 23.2 Å². The van der Waals surface area contributed by atoms with Crippen LogP contribution in [0.5, 0.6) is 0 Å². The molecular formula is C30H31Cl2NO3. The van der Waals surface area contributed by atoms with E-state index in [1.54, 1.807) is 18.2 Å². The summed E-state index contributed by atoms with van der Waals surface area (Å²) in [6, 6.07) is 26.0. The monoisotopic (exact) mass is 523 g/mol. The number of Topliss-reactive ketones (excluding diaryl/α,β-unsaturated/α-hetero) is 1. The summed E-state index contributed by atoms with van der Waals surface area (Å²) in [7, 11) is 2.00. The fraction of sp³-hybridized carbons (Fsp3) is 0.267. The van der Waals surface area contributed by atoms with Gasteiger partial charge >= 0.3 is 5.97 Å². The molecule has 4 nitrogen and oxygen atoms in total. The van der Waals surface area contributed by atoms with Crippen molar-refractivity contribution in [1.82, 2.24) is 4.90 Å². The Kier molecular flexibility index (Phi) is 10.3. The highest BCUT2D eigenvalue weighted by Crippen LogP contribution is 2.29. The number of nitrogens with zero attached hydrogens (tertiary/aromatic N) is 1. The van der Waals surface area contributed by atoms with E-state index >= 15 is 0 Å². The Hall–Kier alpha value is -2.92. The van der Waals surface area contributed by atoms with Crippen molar-refractivity contribution in [1.29, 1.82) is 0 Å². The fourth-order valence-corrected chi connectivity index (χ4v) is 4.51. The lowest BCUT2D eigenvalue weighted by Crippen LogP contribution is -2.32. The number of likely N-dealkylation sites (N-methyl/N-ethyl adjacent to an activating group) is 1. The number of rotatable bonds is 11. The average molecular weight is 524 g/mol. The maximum Gasteiger partial charge on any atom is 0.342 e. The highest BCUT2D eigenvalue weighted by molar-refractivity contribution is 6.43. The van der Waals surface area contributed by atoms with Gasteiger partial charge in [0.1, 0.15) is 11.7 Å². The number of hydrogen-bond acceptors (Lipinski definition) is 4. The van der Waals surface area contributed by atoms with E-state index < -0.39 is 17.9 Å². The van der Waals surface area contributed by atoms with Crippen molar-refractivity contribution in [2.45, 2.75) is 32.3 Å². The minimum Gasteiger partial charge on any atom is -0.458 e. The average Bonchev–Trinajstić information content (AvgIpc) is 2.86. The zero-order valence-corrected chi connectivity index (χ0v) is 22.3. The Bertz CT molecular complexity index is 1160. The number of esters is 1. The number of hydrogen-bond donors (Lipinski definition) is 0. The third-order valence-electron chi connectivity index (χ3n) is 5.96. The van der Waals surface area contributed by atoms with Gasteiger partial charge in [-0.05, 0) is 62.7 Å². The molecule has 188 valence electrons. The van der Waals surface area contributed by atoms with E-state index in [4.69, 9.17) is 27.9 Å². The summed E-state index contributed by atoms with van der Waals surface area (Å²) in [5, 5.41) is 0.630. The van der Waals surface area contributed by atoms with E-state index in [2.05, 4.69) is 53.4 Å². The van der Waals surface area contributed by atoms with Gasteiger partial charge in [-0.2, -0.15) is 0 Å². The predicted octanol–water partition coefficient (Wildman–Crippen LogP) is 7.05. The second-order valence-electron chi connectivity index (χ2n) is 8.90. The van der Waals surface area contributed by atoms with Crippen LogP contribution in [-0.2, 0) is 14.3 Å². The summed E-state index contributed by atoms with van der Waals surface area (Å²) in [4.78, 5) is 27.1. The van der Waals surface area contributed by atoms with Crippen molar-refractivity contribution >= 4 is 41.0 Å². The molecule has 0 heterocycles. The molecule has 0 fully saturated rings. The lowest BCUT2D eigenvalue weighted by Gasteiger charge is -2.25. The number of carbonyl (C=O) groups is 2. The molecule has 0 aromatic heterocycles. The zero-order valence-electron chi connectivity index (χ0n) is 20.8. The van der Waals surface area contributed by atoms with Gasteiger partial charge in [0.2, 0.25) is 0 Å². The minimum absolute atomic E-state index is 0.0677. The third-order valence-corrected chi connectivity index (χ3v) is 6.79. The van der Waals surface area contributed by atoms with Gasteiger partial charge in [0.15, 0.2) is 5.78 Å². The molecule has 0 N–H and O–H groups in total. The molecule has 0 aliphatic rings. The maximum atomic E-state index is 12.8. The summed E-state index contributed by atoms with van der Waals surface area (Å²) >= 11 is 12.3. The number of halogens is 2. The van der Waals surface area contributed by atoms with Crippen LogP contribution < -0.4 is 0 Å². The van der Waals surface area contributed by atoms with Crippen LogP contribution in [0, 0.1) is 0 Å². The van der Waals surface area contributed by atoms with E-state index in [0.717, 1.165) is 13.0 Å². The number of ketones is 1. The first-order valence-corrected chi connectivity index (χ1v) is 12.7. The van der Waals surface area contributed by atoms with Gasteiger partial charge in [-0.1, -0.05) is 96.0 Å². The summed E-state index contributed by atoms with van der Waals surface area (Å²) in [5.74, 6) is -0.807. The molecule has 3 aromatic carbocycles. The Labute approximate surface area is 223 Å². The van der Waals surface area contributed by atoms with Crippen molar-refractivity contribution in [2.75, 3.05) is 20.1 Å². The van der Waals surface area contributed by atoms with Crippen LogP contribution in [0.15, 0.2) is 84.4 Å². The van der Waals surface area contributed by atoms with E-state index in [0.29, 0.717) is 17.1 Å². The Balaban J connectivity index is 1.62. The van der Waals surface area contributed by atoms with E-state index in [1.165, 1.54) is 24.1 Å². The normalized spacial score (nSPS) is 12.6. The van der Waals surface area contributed by atoms with Crippen molar-refractivity contribution in [3.8, 4) is 0 Å². The van der Waals surface area contributed by atoms with Gasteiger partial charge in [-0.25, -0.2) is 4.79 Å². The molecule has 1 unspecified atom stereocenters. The first kappa shape index (κ1) is 27.7. The second-order valence-corrected chi connectivity index (χ2v) is 9.68. The van der Waals surface area contributed by atoms with Gasteiger partial charge in [0.05, 0.1) is 10.0 Å². The first-order chi connectivity index (χ1) is 17.3. The van der Waals surface area contributed by atoms with Gasteiger partial charge < -0.3 is 9.64 Å². The number of ether oxygens (including phenoxy) is 1. The summed E-state index contributed by atoms with van der Waals surface area (Å²) in [6.07, 6.45) is 1.93. The first-order valence-electron chi connectivity index (χ1n) is 11.9. The minimum atomic E-state index is -0.675. The SMILES string of the molecule is CC(=O)C(=Cc1cccc(Cl)c1Cl)C(=O)OC(C)CN(C)CCC(c1ccccc1)c1ccccc1. The second kappa shape index (κ2) is 13.4. The molecule has 0 saturated carbocycles. The quantitative estimate of drug-likeness (QED) is 0.117. The molecule has 0 amide bonds. The van der Waals surface area contributed by atoms with Gasteiger partial charge in [-0.15, -0.1) is 0 Å². The molecule has 6 heteroatoms. The van der Waals surface area contributed by atoms with E-state index in [9.17, 15) is 9.59 Å². The lowest BCUT2D eigenvalue weighted by atomic mass is 9.88. The number of benzene rings is 3. The highest BCUT2D eigenvalue weighted by atomic mass is 35.5. The van der Waals surface area contributed by atoms with Crippen LogP contribution in [-0.4, -0.2) is 42.9 Å². The Morgan fingerprint density at radius 3 is 2.06 bits per heavy atom. The van der Waals surface area contributed by atoms with Gasteiger partial charge in [0, 0.05) is 12.5 Å². The smallest absolute Gasteiger partial charge is 0.342 e. The molecule has 0 aliphatic carbocycles. The van der Waals surface area contributed by atoms with Crippen molar-refractivity contribution < 1.29 is 14.3 Å². The van der Waals surface area contributed by atoms with Crippen LogP contribution in [0.3, 0.4) is 0 Å². The Morgan fingerprint density at radius 2 is 1.50 bits per heavy atom. The van der Waals surface area contributed by atoms with Crippen molar-refractivity contribution in [3.63, 3.8) is 0 Å². The summed E-state index contributed by atoms with van der Waals surface area (Å²) < 4.78 is 5.62. The van der Waals surface area contributed by atoms with Gasteiger partial charge in [0.25, 0.3) is 0 Å². The molecule has 3 rings (SSSR count). The largest absolute Gasteiger partial charge is 0.458 e. The maximum absolute atomic E-state index is 12.8. The summed E-state index contributed by atoms with van der Waals surface area (Å²) in [6.45, 7) is 4.50. The molecule has 0 saturated heterocycles. The molecular weight excluding hydrogens is 493 g/mol. The van der Waals surface area contributed by atoms with Crippen LogP contribution in [0.4, 0.5) is 0 Å². The van der Waals surface area contributed by atoms with Crippen LogP contribution in [0.2, 0.25) is 10.0 Å². The molecule has 0 radical (unpaired) electrons. The Morgan fingerprint density at radius 1 is 0.917 bits per heavy atom. The van der Waals surface area contributed by atoms with E-state index in [-0.39, 0.29) is 16.5 Å².